The Kier molecular flexibility index (Phi) is 3.40. The van der Waals surface area contributed by atoms with Gasteiger partial charge in [0.1, 0.15) is 0 Å². The average Bonchev–Trinajstić information content (AvgIpc) is 2.04. The van der Waals surface area contributed by atoms with Gasteiger partial charge in [0, 0.05) is 6.07 Å². The van der Waals surface area contributed by atoms with Crippen LogP contribution in [0, 0.1) is 0 Å². The van der Waals surface area contributed by atoms with Crippen LogP contribution in [0.5, 0.6) is 0 Å². The zero-order valence-corrected chi connectivity index (χ0v) is 8.90. The Bertz CT molecular complexity index is 250. The van der Waals surface area contributed by atoms with E-state index in [1.54, 1.807) is 0 Å². The highest BCUT2D eigenvalue weighted by molar-refractivity contribution is 9.10. The van der Waals surface area contributed by atoms with Crippen molar-refractivity contribution in [2.24, 2.45) is 0 Å². The molecule has 0 aliphatic rings. The molecule has 11 heavy (non-hydrogen) atoms. The van der Waals surface area contributed by atoms with Gasteiger partial charge in [0.25, 0.3) is 0 Å². The van der Waals surface area contributed by atoms with Crippen molar-refractivity contribution < 1.29 is 4.57 Å². The molecule has 60 valence electrons. The largest absolute Gasteiger partial charge is 0.195 e. The first-order valence-electron chi connectivity index (χ1n) is 3.56. The maximum atomic E-state index is 4.16. The molecule has 0 saturated heterocycles. The molecule has 1 nitrogen and oxygen atoms in total. The lowest BCUT2D eigenvalue weighted by atomic mass is 10.2. The van der Waals surface area contributed by atoms with Crippen molar-refractivity contribution >= 4 is 28.6 Å². The van der Waals surface area contributed by atoms with E-state index in [-0.39, 0.29) is 0 Å². The van der Waals surface area contributed by atoms with Crippen LogP contribution in [0.15, 0.2) is 22.9 Å². The molecular formula is C8H11BrNS+. The predicted molar refractivity (Wildman–Crippen MR) is 52.7 cm³/mol. The van der Waals surface area contributed by atoms with Gasteiger partial charge in [-0.25, -0.2) is 0 Å². The number of rotatable bonds is 2. The third-order valence-electron chi connectivity index (χ3n) is 1.60. The summed E-state index contributed by atoms with van der Waals surface area (Å²) in [4.78, 5) is 0. The van der Waals surface area contributed by atoms with Crippen molar-refractivity contribution in [1.29, 1.82) is 0 Å². The molecule has 3 heteroatoms. The minimum atomic E-state index is 0.725. The van der Waals surface area contributed by atoms with E-state index in [2.05, 4.69) is 41.5 Å². The Morgan fingerprint density at radius 3 is 2.82 bits per heavy atom. The quantitative estimate of drug-likeness (QED) is 0.589. The van der Waals surface area contributed by atoms with Crippen LogP contribution in [0.1, 0.15) is 12.5 Å². The Morgan fingerprint density at radius 2 is 2.36 bits per heavy atom. The zero-order valence-electron chi connectivity index (χ0n) is 6.42. The number of aromatic nitrogens is 1. The summed E-state index contributed by atoms with van der Waals surface area (Å²) in [6, 6.07) is 2.11. The van der Waals surface area contributed by atoms with Gasteiger partial charge < -0.3 is 0 Å². The van der Waals surface area contributed by atoms with Gasteiger partial charge in [-0.05, 0) is 27.9 Å². The van der Waals surface area contributed by atoms with Crippen LogP contribution in [0.3, 0.4) is 0 Å². The number of aryl methyl sites for hydroxylation is 1. The van der Waals surface area contributed by atoms with Crippen LogP contribution in [0.25, 0.3) is 0 Å². The van der Waals surface area contributed by atoms with Crippen LogP contribution in [-0.2, 0) is 12.3 Å². The summed E-state index contributed by atoms with van der Waals surface area (Å²) in [6.45, 7) is 2.14. The van der Waals surface area contributed by atoms with Gasteiger partial charge in [0.15, 0.2) is 18.3 Å². The van der Waals surface area contributed by atoms with Crippen molar-refractivity contribution in [3.05, 3.63) is 28.5 Å². The predicted octanol–water partition coefficient (Wildman–Crippen LogP) is 2.19. The van der Waals surface area contributed by atoms with Gasteiger partial charge in [-0.3, -0.25) is 0 Å². The van der Waals surface area contributed by atoms with E-state index in [1.807, 2.05) is 17.0 Å². The third-order valence-corrected chi connectivity index (χ3v) is 2.64. The second-order valence-electron chi connectivity index (χ2n) is 2.33. The minimum absolute atomic E-state index is 0.725. The lowest BCUT2D eigenvalue weighted by molar-refractivity contribution is -0.676. The summed E-state index contributed by atoms with van der Waals surface area (Å²) >= 11 is 7.66. The molecule has 0 saturated carbocycles. The normalized spacial score (nSPS) is 10.1. The number of halogens is 1. The molecule has 0 N–H and O–H groups in total. The Hall–Kier alpha value is -0.0200. The van der Waals surface area contributed by atoms with E-state index in [0.717, 1.165) is 16.8 Å². The van der Waals surface area contributed by atoms with Crippen molar-refractivity contribution in [2.75, 3.05) is 0 Å². The van der Waals surface area contributed by atoms with Crippen LogP contribution in [-0.4, -0.2) is 0 Å². The molecule has 0 bridgehead atoms. The summed E-state index contributed by atoms with van der Waals surface area (Å²) in [5.74, 6) is 0.725. The van der Waals surface area contributed by atoms with E-state index < -0.39 is 0 Å². The zero-order chi connectivity index (χ0) is 8.27. The maximum Gasteiger partial charge on any atom is 0.191 e. The molecule has 0 unspecified atom stereocenters. The molecule has 0 aromatic carbocycles. The molecule has 0 amide bonds. The molecule has 0 aliphatic heterocycles. The van der Waals surface area contributed by atoms with E-state index in [4.69, 9.17) is 0 Å². The highest BCUT2D eigenvalue weighted by Gasteiger charge is 2.02. The molecule has 0 spiro atoms. The molecule has 0 atom stereocenters. The summed E-state index contributed by atoms with van der Waals surface area (Å²) in [5, 5.41) is 0. The van der Waals surface area contributed by atoms with Crippen LogP contribution in [0.2, 0.25) is 0 Å². The van der Waals surface area contributed by atoms with Gasteiger partial charge >= 0.3 is 0 Å². The molecular weight excluding hydrogens is 222 g/mol. The van der Waals surface area contributed by atoms with Gasteiger partial charge in [-0.1, -0.05) is 6.92 Å². The molecule has 1 aromatic rings. The maximum absolute atomic E-state index is 4.16. The van der Waals surface area contributed by atoms with Gasteiger partial charge in [-0.15, -0.1) is 12.6 Å². The minimum Gasteiger partial charge on any atom is -0.195 e. The smallest absolute Gasteiger partial charge is 0.191 e. The van der Waals surface area contributed by atoms with Crippen molar-refractivity contribution in [1.82, 2.24) is 0 Å². The fourth-order valence-electron chi connectivity index (χ4n) is 0.912. The monoisotopic (exact) mass is 232 g/mol. The Morgan fingerprint density at radius 1 is 1.64 bits per heavy atom. The first kappa shape index (κ1) is 9.07. The lowest BCUT2D eigenvalue weighted by Gasteiger charge is -1.97. The second kappa shape index (κ2) is 4.12. The molecule has 1 heterocycles. The third kappa shape index (κ3) is 2.20. The highest BCUT2D eigenvalue weighted by Crippen LogP contribution is 2.13. The van der Waals surface area contributed by atoms with E-state index in [0.29, 0.717) is 0 Å². The van der Waals surface area contributed by atoms with Crippen LogP contribution in [0.4, 0.5) is 0 Å². The van der Waals surface area contributed by atoms with Crippen molar-refractivity contribution in [3.8, 4) is 0 Å². The summed E-state index contributed by atoms with van der Waals surface area (Å²) < 4.78 is 3.18. The second-order valence-corrected chi connectivity index (χ2v) is 3.46. The van der Waals surface area contributed by atoms with Crippen molar-refractivity contribution in [3.63, 3.8) is 0 Å². The summed E-state index contributed by atoms with van der Waals surface area (Å²) in [7, 11) is 0. The molecule has 1 aromatic heterocycles. The molecule has 0 fully saturated rings. The summed E-state index contributed by atoms with van der Waals surface area (Å²) in [5.41, 5.74) is 1.34. The fourth-order valence-corrected chi connectivity index (χ4v) is 1.76. The van der Waals surface area contributed by atoms with E-state index >= 15 is 0 Å². The standard InChI is InChI=1S/C8H10BrNS/c1-2-7-3-4-10(6-11)5-8(7)9/h3-5H,2,6H2,1H3/p+1. The van der Waals surface area contributed by atoms with Gasteiger partial charge in [0.2, 0.25) is 0 Å². The van der Waals surface area contributed by atoms with Crippen molar-refractivity contribution in [2.45, 2.75) is 19.2 Å². The Labute approximate surface area is 81.0 Å². The molecule has 1 rings (SSSR count). The average molecular weight is 233 g/mol. The topological polar surface area (TPSA) is 3.88 Å². The van der Waals surface area contributed by atoms with E-state index in [1.165, 1.54) is 5.56 Å². The number of pyridine rings is 1. The Balaban J connectivity index is 2.99. The SMILES string of the molecule is CCc1cc[n+](CS)cc1Br. The van der Waals surface area contributed by atoms with Gasteiger partial charge in [0.05, 0.1) is 4.47 Å². The van der Waals surface area contributed by atoms with Crippen LogP contribution >= 0.6 is 28.6 Å². The highest BCUT2D eigenvalue weighted by atomic mass is 79.9. The summed E-state index contributed by atoms with van der Waals surface area (Å²) in [6.07, 6.45) is 5.15. The van der Waals surface area contributed by atoms with Crippen LogP contribution < -0.4 is 4.57 Å². The van der Waals surface area contributed by atoms with E-state index in [9.17, 15) is 0 Å². The number of hydrogen-bond donors (Lipinski definition) is 1. The fraction of sp³-hybridized carbons (Fsp3) is 0.375. The number of thiol groups is 1. The molecule has 0 aliphatic carbocycles. The first-order chi connectivity index (χ1) is 5.27. The first-order valence-corrected chi connectivity index (χ1v) is 4.98. The molecule has 0 radical (unpaired) electrons. The lowest BCUT2D eigenvalue weighted by Crippen LogP contribution is -2.30. The number of hydrogen-bond acceptors (Lipinski definition) is 1. The number of nitrogens with zero attached hydrogens (tertiary/aromatic N) is 1. The van der Waals surface area contributed by atoms with Gasteiger partial charge in [-0.2, -0.15) is 4.57 Å².